The Morgan fingerprint density at radius 1 is 1.16 bits per heavy atom. The maximum Gasteiger partial charge on any atom is 0.363 e. The highest BCUT2D eigenvalue weighted by Gasteiger charge is 2.25. The number of ether oxygens (including phenoxy) is 3. The third-order valence-electron chi connectivity index (χ3n) is 4.55. The lowest BCUT2D eigenvalue weighted by Crippen LogP contribution is -2.05. The van der Waals surface area contributed by atoms with Gasteiger partial charge in [0, 0.05) is 4.47 Å². The van der Waals surface area contributed by atoms with E-state index in [0.29, 0.717) is 28.7 Å². The van der Waals surface area contributed by atoms with E-state index >= 15 is 0 Å². The molecule has 0 aliphatic carbocycles. The Kier molecular flexibility index (Phi) is 7.17. The predicted octanol–water partition coefficient (Wildman–Crippen LogP) is 6.64. The summed E-state index contributed by atoms with van der Waals surface area (Å²) in [7, 11) is 1.58. The average Bonchev–Trinajstić information content (AvgIpc) is 3.13. The van der Waals surface area contributed by atoms with Gasteiger partial charge in [0.25, 0.3) is 0 Å². The summed E-state index contributed by atoms with van der Waals surface area (Å²) in [6.07, 6.45) is 1.65. The minimum absolute atomic E-state index is 0.181. The maximum absolute atomic E-state index is 12.4. The lowest BCUT2D eigenvalue weighted by molar-refractivity contribution is -0.129. The van der Waals surface area contributed by atoms with E-state index in [-0.39, 0.29) is 11.6 Å². The number of hydrogen-bond acceptors (Lipinski definition) is 5. The van der Waals surface area contributed by atoms with Crippen molar-refractivity contribution in [1.29, 1.82) is 0 Å². The number of methoxy groups -OCH3 is 1. The largest absolute Gasteiger partial charge is 0.493 e. The quantitative estimate of drug-likeness (QED) is 0.175. The monoisotopic (exact) mass is 623 g/mol. The molecule has 32 heavy (non-hydrogen) atoms. The average molecular weight is 625 g/mol. The van der Waals surface area contributed by atoms with Crippen molar-refractivity contribution in [1.82, 2.24) is 0 Å². The molecule has 0 bridgehead atoms. The van der Waals surface area contributed by atoms with Gasteiger partial charge in [0.15, 0.2) is 17.2 Å². The van der Waals surface area contributed by atoms with E-state index in [1.165, 1.54) is 0 Å². The van der Waals surface area contributed by atoms with Crippen molar-refractivity contribution in [3.05, 3.63) is 96.1 Å². The number of nitrogens with zero attached hydrogens (tertiary/aromatic N) is 1. The van der Waals surface area contributed by atoms with E-state index in [0.717, 1.165) is 19.2 Å². The van der Waals surface area contributed by atoms with Gasteiger partial charge in [-0.2, -0.15) is 0 Å². The molecule has 0 unspecified atom stereocenters. The molecular formula is C24H16BrClINO4. The third-order valence-corrected chi connectivity index (χ3v) is 6.18. The first-order valence-electron chi connectivity index (χ1n) is 9.47. The summed E-state index contributed by atoms with van der Waals surface area (Å²) >= 11 is 11.8. The summed E-state index contributed by atoms with van der Waals surface area (Å²) in [5.41, 5.74) is 2.51. The van der Waals surface area contributed by atoms with Gasteiger partial charge >= 0.3 is 5.97 Å². The van der Waals surface area contributed by atoms with Gasteiger partial charge in [-0.3, -0.25) is 0 Å². The van der Waals surface area contributed by atoms with Crippen molar-refractivity contribution in [2.75, 3.05) is 7.11 Å². The molecule has 5 nitrogen and oxygen atoms in total. The van der Waals surface area contributed by atoms with Crippen LogP contribution in [-0.2, 0) is 16.1 Å². The van der Waals surface area contributed by atoms with E-state index in [4.69, 9.17) is 25.8 Å². The van der Waals surface area contributed by atoms with Gasteiger partial charge in [-0.25, -0.2) is 9.79 Å². The zero-order valence-corrected chi connectivity index (χ0v) is 21.3. The number of hydrogen-bond donors (Lipinski definition) is 0. The number of esters is 1. The summed E-state index contributed by atoms with van der Waals surface area (Å²) in [6.45, 7) is 0.393. The molecule has 0 radical (unpaired) electrons. The molecule has 0 N–H and O–H groups in total. The van der Waals surface area contributed by atoms with Crippen LogP contribution in [0.2, 0.25) is 5.02 Å². The van der Waals surface area contributed by atoms with Gasteiger partial charge in [0.2, 0.25) is 5.90 Å². The fourth-order valence-electron chi connectivity index (χ4n) is 3.06. The highest BCUT2D eigenvalue weighted by atomic mass is 127. The number of aliphatic imine (C=N–C) groups is 1. The van der Waals surface area contributed by atoms with E-state index in [1.54, 1.807) is 43.5 Å². The zero-order valence-electron chi connectivity index (χ0n) is 16.8. The van der Waals surface area contributed by atoms with Crippen LogP contribution in [0.25, 0.3) is 6.08 Å². The topological polar surface area (TPSA) is 57.1 Å². The molecule has 0 atom stereocenters. The van der Waals surface area contributed by atoms with Crippen molar-refractivity contribution >= 4 is 68.1 Å². The van der Waals surface area contributed by atoms with Crippen LogP contribution in [0.5, 0.6) is 11.5 Å². The molecule has 8 heteroatoms. The number of halogens is 3. The molecule has 162 valence electrons. The van der Waals surface area contributed by atoms with Crippen molar-refractivity contribution < 1.29 is 19.0 Å². The lowest BCUT2D eigenvalue weighted by atomic mass is 10.1. The predicted molar refractivity (Wildman–Crippen MR) is 136 cm³/mol. The molecular weight excluding hydrogens is 609 g/mol. The van der Waals surface area contributed by atoms with Gasteiger partial charge in [-0.05, 0) is 76.2 Å². The molecule has 1 heterocycles. The fraction of sp³-hybridized carbons (Fsp3) is 0.0833. The highest BCUT2D eigenvalue weighted by Crippen LogP contribution is 2.36. The number of cyclic esters (lactones) is 1. The van der Waals surface area contributed by atoms with E-state index in [2.05, 4.69) is 43.5 Å². The van der Waals surface area contributed by atoms with Gasteiger partial charge in [0.05, 0.1) is 21.3 Å². The summed E-state index contributed by atoms with van der Waals surface area (Å²) in [6, 6.07) is 18.7. The molecule has 0 amide bonds. The Labute approximate surface area is 212 Å². The number of rotatable bonds is 6. The molecule has 1 aliphatic rings. The first kappa shape index (κ1) is 22.8. The summed E-state index contributed by atoms with van der Waals surface area (Å²) in [5, 5.41) is 0.462. The second kappa shape index (κ2) is 10.1. The van der Waals surface area contributed by atoms with Crippen molar-refractivity contribution in [2.45, 2.75) is 6.61 Å². The molecule has 0 spiro atoms. The van der Waals surface area contributed by atoms with Crippen molar-refractivity contribution in [2.24, 2.45) is 4.99 Å². The molecule has 0 aromatic heterocycles. The van der Waals surface area contributed by atoms with Crippen LogP contribution in [0.15, 0.2) is 75.8 Å². The van der Waals surface area contributed by atoms with E-state index in [1.807, 2.05) is 30.3 Å². The SMILES string of the molecule is COc1cc(/C=C2\N=C(c3ccccc3Cl)OC2=O)cc(I)c1OCc1cccc(Br)c1. The minimum Gasteiger partial charge on any atom is -0.493 e. The second-order valence-electron chi connectivity index (χ2n) is 6.77. The molecule has 4 rings (SSSR count). The standard InChI is InChI=1S/C24H16BrClINO4/c1-30-21-12-15(10-19(27)22(21)31-13-14-5-4-6-16(25)9-14)11-20-24(29)32-23(28-20)17-7-2-3-8-18(17)26/h2-12H,13H2,1H3/b20-11-. The Balaban J connectivity index is 1.60. The van der Waals surface area contributed by atoms with Crippen LogP contribution in [0.4, 0.5) is 0 Å². The summed E-state index contributed by atoms with van der Waals surface area (Å²) in [5.74, 6) is 0.830. The van der Waals surface area contributed by atoms with Gasteiger partial charge in [-0.15, -0.1) is 0 Å². The molecule has 0 saturated carbocycles. The van der Waals surface area contributed by atoms with E-state index < -0.39 is 5.97 Å². The smallest absolute Gasteiger partial charge is 0.363 e. The van der Waals surface area contributed by atoms with E-state index in [9.17, 15) is 4.79 Å². The summed E-state index contributed by atoms with van der Waals surface area (Å²) < 4.78 is 18.7. The fourth-order valence-corrected chi connectivity index (χ4v) is 4.51. The summed E-state index contributed by atoms with van der Waals surface area (Å²) in [4.78, 5) is 16.7. The van der Waals surface area contributed by atoms with Gasteiger partial charge in [-0.1, -0.05) is 51.8 Å². The lowest BCUT2D eigenvalue weighted by Gasteiger charge is -2.14. The zero-order chi connectivity index (χ0) is 22.7. The van der Waals surface area contributed by atoms with Gasteiger partial charge in [0.1, 0.15) is 6.61 Å². The van der Waals surface area contributed by atoms with Crippen LogP contribution in [0, 0.1) is 3.57 Å². The van der Waals surface area contributed by atoms with Gasteiger partial charge < -0.3 is 14.2 Å². The van der Waals surface area contributed by atoms with Crippen LogP contribution in [-0.4, -0.2) is 19.0 Å². The molecule has 3 aromatic carbocycles. The first-order chi connectivity index (χ1) is 15.4. The Morgan fingerprint density at radius 2 is 1.97 bits per heavy atom. The van der Waals surface area contributed by atoms with Crippen LogP contribution >= 0.6 is 50.1 Å². The maximum atomic E-state index is 12.4. The third kappa shape index (κ3) is 5.16. The Hall–Kier alpha value is -2.36. The number of carbonyl (C=O) groups is 1. The minimum atomic E-state index is -0.538. The first-order valence-corrected chi connectivity index (χ1v) is 11.7. The molecule has 0 saturated heterocycles. The van der Waals surface area contributed by atoms with Crippen LogP contribution in [0.1, 0.15) is 16.7 Å². The van der Waals surface area contributed by atoms with Crippen molar-refractivity contribution in [3.8, 4) is 11.5 Å². The number of carbonyl (C=O) groups excluding carboxylic acids is 1. The Morgan fingerprint density at radius 3 is 2.72 bits per heavy atom. The van der Waals surface area contributed by atoms with Crippen LogP contribution < -0.4 is 9.47 Å². The van der Waals surface area contributed by atoms with Crippen molar-refractivity contribution in [3.63, 3.8) is 0 Å². The Bertz CT molecular complexity index is 1260. The normalized spacial score (nSPS) is 14.3. The highest BCUT2D eigenvalue weighted by molar-refractivity contribution is 14.1. The molecule has 1 aliphatic heterocycles. The second-order valence-corrected chi connectivity index (χ2v) is 9.25. The number of benzene rings is 3. The van der Waals surface area contributed by atoms with Crippen LogP contribution in [0.3, 0.4) is 0 Å². The molecule has 0 fully saturated rings. The molecule has 3 aromatic rings.